The van der Waals surface area contributed by atoms with Crippen molar-refractivity contribution in [1.29, 1.82) is 0 Å². The highest BCUT2D eigenvalue weighted by Gasteiger charge is 2.17. The predicted molar refractivity (Wildman–Crippen MR) is 135 cm³/mol. The molecular formula is C31H38. The van der Waals surface area contributed by atoms with Crippen molar-refractivity contribution in [3.8, 4) is 22.3 Å². The van der Waals surface area contributed by atoms with Crippen molar-refractivity contribution in [2.24, 2.45) is 11.8 Å². The molecule has 4 rings (SSSR count). The van der Waals surface area contributed by atoms with Crippen LogP contribution in [-0.4, -0.2) is 0 Å². The molecule has 3 aromatic carbocycles. The zero-order chi connectivity index (χ0) is 21.6. The Morgan fingerprint density at radius 3 is 1.81 bits per heavy atom. The predicted octanol–water partition coefficient (Wildman–Crippen LogP) is 9.18. The lowest BCUT2D eigenvalue weighted by Crippen LogP contribution is -2.12. The molecule has 0 bridgehead atoms. The number of rotatable bonds is 7. The fourth-order valence-corrected chi connectivity index (χ4v) is 5.12. The molecule has 0 nitrogen and oxygen atoms in total. The molecule has 0 unspecified atom stereocenters. The molecule has 0 atom stereocenters. The van der Waals surface area contributed by atoms with Crippen LogP contribution in [0.25, 0.3) is 22.3 Å². The summed E-state index contributed by atoms with van der Waals surface area (Å²) in [5.41, 5.74) is 9.46. The van der Waals surface area contributed by atoms with Gasteiger partial charge in [0, 0.05) is 0 Å². The van der Waals surface area contributed by atoms with Gasteiger partial charge in [-0.3, -0.25) is 0 Å². The van der Waals surface area contributed by atoms with Gasteiger partial charge in [0.2, 0.25) is 0 Å². The highest BCUT2D eigenvalue weighted by molar-refractivity contribution is 5.71. The normalized spacial score (nSPS) is 18.8. The molecule has 3 aromatic rings. The Balaban J connectivity index is 1.32. The molecule has 0 N–H and O–H groups in total. The second-order valence-electron chi connectivity index (χ2n) is 9.96. The minimum atomic E-state index is 0.969. The molecule has 0 heterocycles. The van der Waals surface area contributed by atoms with E-state index in [2.05, 4.69) is 87.5 Å². The lowest BCUT2D eigenvalue weighted by atomic mass is 9.80. The summed E-state index contributed by atoms with van der Waals surface area (Å²) in [5, 5.41) is 0. The first-order valence-electron chi connectivity index (χ1n) is 12.4. The van der Waals surface area contributed by atoms with Crippen LogP contribution in [0, 0.1) is 25.7 Å². The van der Waals surface area contributed by atoms with E-state index >= 15 is 0 Å². The van der Waals surface area contributed by atoms with Gasteiger partial charge in [-0.2, -0.15) is 0 Å². The number of hydrogen-bond donors (Lipinski definition) is 0. The maximum absolute atomic E-state index is 2.42. The Labute approximate surface area is 189 Å². The first-order valence-corrected chi connectivity index (χ1v) is 12.4. The molecular weight excluding hydrogens is 372 g/mol. The summed E-state index contributed by atoms with van der Waals surface area (Å²) in [6.07, 6.45) is 11.2. The van der Waals surface area contributed by atoms with Crippen LogP contribution in [0.3, 0.4) is 0 Å². The van der Waals surface area contributed by atoms with E-state index in [0.717, 1.165) is 11.8 Å². The zero-order valence-corrected chi connectivity index (χ0v) is 19.7. The van der Waals surface area contributed by atoms with E-state index in [4.69, 9.17) is 0 Å². The van der Waals surface area contributed by atoms with Crippen LogP contribution in [0.5, 0.6) is 0 Å². The van der Waals surface area contributed by atoms with Crippen LogP contribution in [0.4, 0.5) is 0 Å². The molecule has 31 heavy (non-hydrogen) atoms. The molecule has 1 aliphatic carbocycles. The van der Waals surface area contributed by atoms with Crippen molar-refractivity contribution in [1.82, 2.24) is 0 Å². The van der Waals surface area contributed by atoms with Crippen LogP contribution in [0.1, 0.15) is 68.6 Å². The van der Waals surface area contributed by atoms with Crippen molar-refractivity contribution in [2.75, 3.05) is 0 Å². The van der Waals surface area contributed by atoms with E-state index in [-0.39, 0.29) is 0 Å². The van der Waals surface area contributed by atoms with Gasteiger partial charge in [0.05, 0.1) is 0 Å². The van der Waals surface area contributed by atoms with E-state index in [1.807, 2.05) is 0 Å². The first kappa shape index (κ1) is 21.9. The minimum Gasteiger partial charge on any atom is -0.0625 e. The molecule has 0 saturated heterocycles. The molecule has 0 aromatic heterocycles. The average Bonchev–Trinajstić information content (AvgIpc) is 2.79. The lowest BCUT2D eigenvalue weighted by molar-refractivity contribution is 0.272. The SMILES string of the molecule is Cc1ccc(-c2ccc(-c3ccc(CCCCC4CCC(C)CC4)c(C)c3)cc2)cc1. The second kappa shape index (κ2) is 10.3. The lowest BCUT2D eigenvalue weighted by Gasteiger charge is -2.26. The summed E-state index contributed by atoms with van der Waals surface area (Å²) < 4.78 is 0. The van der Waals surface area contributed by atoms with Crippen LogP contribution < -0.4 is 0 Å². The zero-order valence-electron chi connectivity index (χ0n) is 19.7. The molecule has 0 radical (unpaired) electrons. The summed E-state index contributed by atoms with van der Waals surface area (Å²) in [6.45, 7) is 6.83. The van der Waals surface area contributed by atoms with E-state index < -0.39 is 0 Å². The Kier molecular flexibility index (Phi) is 7.28. The first-order chi connectivity index (χ1) is 15.1. The molecule has 1 fully saturated rings. The molecule has 1 saturated carbocycles. The van der Waals surface area contributed by atoms with E-state index in [1.54, 1.807) is 0 Å². The maximum atomic E-state index is 2.42. The molecule has 0 aliphatic heterocycles. The summed E-state index contributed by atoms with van der Waals surface area (Å²) in [5.74, 6) is 1.97. The highest BCUT2D eigenvalue weighted by atomic mass is 14.2. The summed E-state index contributed by atoms with van der Waals surface area (Å²) >= 11 is 0. The fourth-order valence-electron chi connectivity index (χ4n) is 5.12. The van der Waals surface area contributed by atoms with Crippen LogP contribution in [0.2, 0.25) is 0 Å². The quantitative estimate of drug-likeness (QED) is 0.340. The Morgan fingerprint density at radius 2 is 1.19 bits per heavy atom. The third kappa shape index (κ3) is 5.88. The van der Waals surface area contributed by atoms with E-state index in [9.17, 15) is 0 Å². The monoisotopic (exact) mass is 410 g/mol. The van der Waals surface area contributed by atoms with Gasteiger partial charge in [-0.05, 0) is 71.9 Å². The number of hydrogen-bond acceptors (Lipinski definition) is 0. The van der Waals surface area contributed by atoms with Crippen molar-refractivity contribution >= 4 is 0 Å². The van der Waals surface area contributed by atoms with E-state index in [0.29, 0.717) is 0 Å². The molecule has 162 valence electrons. The van der Waals surface area contributed by atoms with Gasteiger partial charge in [-0.1, -0.05) is 118 Å². The maximum Gasteiger partial charge on any atom is -0.0181 e. The number of aryl methyl sites for hydroxylation is 3. The van der Waals surface area contributed by atoms with Crippen molar-refractivity contribution < 1.29 is 0 Å². The van der Waals surface area contributed by atoms with Gasteiger partial charge in [0.15, 0.2) is 0 Å². The Hall–Kier alpha value is -2.34. The largest absolute Gasteiger partial charge is 0.0625 e. The summed E-state index contributed by atoms with van der Waals surface area (Å²) in [7, 11) is 0. The molecule has 1 aliphatic rings. The third-order valence-corrected chi connectivity index (χ3v) is 7.39. The number of benzene rings is 3. The average molecular weight is 411 g/mol. The topological polar surface area (TPSA) is 0 Å². The van der Waals surface area contributed by atoms with Gasteiger partial charge in [-0.25, -0.2) is 0 Å². The van der Waals surface area contributed by atoms with E-state index in [1.165, 1.54) is 90.3 Å². The second-order valence-corrected chi connectivity index (χ2v) is 9.96. The van der Waals surface area contributed by atoms with Gasteiger partial charge < -0.3 is 0 Å². The van der Waals surface area contributed by atoms with Crippen molar-refractivity contribution in [2.45, 2.75) is 72.1 Å². The summed E-state index contributed by atoms with van der Waals surface area (Å²) in [6, 6.07) is 24.8. The van der Waals surface area contributed by atoms with Gasteiger partial charge >= 0.3 is 0 Å². The Morgan fingerprint density at radius 1 is 0.645 bits per heavy atom. The summed E-state index contributed by atoms with van der Waals surface area (Å²) in [4.78, 5) is 0. The Bertz CT molecular complexity index is 954. The fraction of sp³-hybridized carbons (Fsp3) is 0.419. The van der Waals surface area contributed by atoms with Gasteiger partial charge in [0.1, 0.15) is 0 Å². The third-order valence-electron chi connectivity index (χ3n) is 7.39. The smallest absolute Gasteiger partial charge is 0.0181 e. The van der Waals surface area contributed by atoms with Crippen LogP contribution >= 0.6 is 0 Å². The minimum absolute atomic E-state index is 0.969. The molecule has 0 spiro atoms. The van der Waals surface area contributed by atoms with Gasteiger partial charge in [-0.15, -0.1) is 0 Å². The van der Waals surface area contributed by atoms with Crippen LogP contribution in [-0.2, 0) is 6.42 Å². The van der Waals surface area contributed by atoms with Crippen molar-refractivity contribution in [3.63, 3.8) is 0 Å². The van der Waals surface area contributed by atoms with Crippen LogP contribution in [0.15, 0.2) is 66.7 Å². The van der Waals surface area contributed by atoms with Gasteiger partial charge in [0.25, 0.3) is 0 Å². The van der Waals surface area contributed by atoms with Crippen molar-refractivity contribution in [3.05, 3.63) is 83.4 Å². The molecule has 0 heteroatoms. The number of unbranched alkanes of at least 4 members (excludes halogenated alkanes) is 1. The standard InChI is InChI=1S/C31H38/c1-23-8-12-26(13-9-23)6-4-5-7-27-16-21-31(22-25(27)3)30-19-17-29(18-20-30)28-14-10-24(2)11-15-28/h10-11,14-23,26H,4-9,12-13H2,1-3H3. The highest BCUT2D eigenvalue weighted by Crippen LogP contribution is 2.32. The molecule has 0 amide bonds.